The third kappa shape index (κ3) is 4.06. The van der Waals surface area contributed by atoms with Gasteiger partial charge in [-0.2, -0.15) is 5.10 Å². The van der Waals surface area contributed by atoms with Gasteiger partial charge >= 0.3 is 0 Å². The summed E-state index contributed by atoms with van der Waals surface area (Å²) in [6, 6.07) is 15.2. The van der Waals surface area contributed by atoms with Gasteiger partial charge in [0.05, 0.1) is 16.3 Å². The van der Waals surface area contributed by atoms with E-state index in [1.54, 1.807) is 10.8 Å². The molecule has 0 aliphatic heterocycles. The second-order valence-corrected chi connectivity index (χ2v) is 8.21. The van der Waals surface area contributed by atoms with E-state index in [0.717, 1.165) is 5.69 Å². The molecule has 144 valence electrons. The third-order valence-electron chi connectivity index (χ3n) is 4.17. The van der Waals surface area contributed by atoms with Gasteiger partial charge in [0, 0.05) is 11.1 Å². The summed E-state index contributed by atoms with van der Waals surface area (Å²) < 4.78 is 27.3. The summed E-state index contributed by atoms with van der Waals surface area (Å²) in [5.41, 5.74) is 2.53. The molecular formula is C20H18ClN3O3S. The average molecular weight is 416 g/mol. The van der Waals surface area contributed by atoms with Crippen LogP contribution in [0, 0.1) is 6.92 Å². The normalized spacial score (nSPS) is 11.8. The van der Waals surface area contributed by atoms with E-state index in [0.29, 0.717) is 22.0 Å². The van der Waals surface area contributed by atoms with Crippen molar-refractivity contribution in [2.24, 2.45) is 0 Å². The smallest absolute Gasteiger partial charge is 0.240 e. The van der Waals surface area contributed by atoms with Crippen LogP contribution in [0.5, 0.6) is 0 Å². The number of aromatic nitrogens is 2. The number of nitrogens with one attached hydrogen (secondary N) is 1. The van der Waals surface area contributed by atoms with Crippen molar-refractivity contribution in [1.82, 2.24) is 14.5 Å². The number of halogens is 1. The zero-order chi connectivity index (χ0) is 20.3. The second-order valence-electron chi connectivity index (χ2n) is 5.97. The molecule has 1 heterocycles. The van der Waals surface area contributed by atoms with E-state index < -0.39 is 10.0 Å². The Morgan fingerprint density at radius 2 is 1.75 bits per heavy atom. The first-order valence-electron chi connectivity index (χ1n) is 8.40. The van der Waals surface area contributed by atoms with Gasteiger partial charge in [0.2, 0.25) is 10.0 Å². The second kappa shape index (κ2) is 8.10. The lowest BCUT2D eigenvalue weighted by Gasteiger charge is -2.03. The summed E-state index contributed by atoms with van der Waals surface area (Å²) in [6.45, 7) is 1.81. The molecule has 0 atom stereocenters. The fraction of sp³-hybridized carbons (Fsp3) is 0.100. The van der Waals surface area contributed by atoms with Gasteiger partial charge in [-0.25, -0.2) is 17.8 Å². The molecule has 0 aliphatic carbocycles. The summed E-state index contributed by atoms with van der Waals surface area (Å²) in [5.74, 6) is -0.267. The van der Waals surface area contributed by atoms with Crippen molar-refractivity contribution >= 4 is 33.5 Å². The number of carbonyl (C=O) groups is 1. The van der Waals surface area contributed by atoms with Crippen molar-refractivity contribution in [1.29, 1.82) is 0 Å². The SMILES string of the molecule is CNS(=O)(=O)c1ccc(C(=O)/C=C/c2c(C)nn(-c3ccccc3)c2Cl)cc1. The largest absolute Gasteiger partial charge is 0.289 e. The number of aryl methyl sites for hydroxylation is 1. The molecule has 0 spiro atoms. The van der Waals surface area contributed by atoms with Crippen LogP contribution >= 0.6 is 11.6 Å². The van der Waals surface area contributed by atoms with Crippen LogP contribution in [0.4, 0.5) is 0 Å². The molecule has 0 unspecified atom stereocenters. The van der Waals surface area contributed by atoms with E-state index in [4.69, 9.17) is 11.6 Å². The van der Waals surface area contributed by atoms with Gasteiger partial charge in [-0.05, 0) is 62.5 Å². The summed E-state index contributed by atoms with van der Waals surface area (Å²) in [5, 5.41) is 4.83. The van der Waals surface area contributed by atoms with Crippen LogP contribution in [0.1, 0.15) is 21.6 Å². The van der Waals surface area contributed by atoms with E-state index in [9.17, 15) is 13.2 Å². The maximum absolute atomic E-state index is 12.4. The molecule has 8 heteroatoms. The van der Waals surface area contributed by atoms with Crippen LogP contribution in [-0.4, -0.2) is 31.0 Å². The first-order chi connectivity index (χ1) is 13.3. The molecular weight excluding hydrogens is 398 g/mol. The first-order valence-corrected chi connectivity index (χ1v) is 10.3. The van der Waals surface area contributed by atoms with Gasteiger partial charge in [-0.3, -0.25) is 4.79 Å². The van der Waals surface area contributed by atoms with Gasteiger partial charge in [0.25, 0.3) is 0 Å². The molecule has 0 aliphatic rings. The zero-order valence-corrected chi connectivity index (χ0v) is 16.8. The van der Waals surface area contributed by atoms with Crippen LogP contribution in [0.2, 0.25) is 5.15 Å². The van der Waals surface area contributed by atoms with Crippen LogP contribution in [0.25, 0.3) is 11.8 Å². The fourth-order valence-electron chi connectivity index (χ4n) is 2.61. The van der Waals surface area contributed by atoms with Crippen molar-refractivity contribution in [2.45, 2.75) is 11.8 Å². The van der Waals surface area contributed by atoms with E-state index in [1.807, 2.05) is 37.3 Å². The molecule has 6 nitrogen and oxygen atoms in total. The van der Waals surface area contributed by atoms with Crippen LogP contribution in [-0.2, 0) is 10.0 Å². The number of nitrogens with zero attached hydrogens (tertiary/aromatic N) is 2. The Balaban J connectivity index is 1.84. The van der Waals surface area contributed by atoms with Crippen LogP contribution < -0.4 is 4.72 Å². The van der Waals surface area contributed by atoms with Gasteiger partial charge in [-0.1, -0.05) is 29.8 Å². The molecule has 0 saturated heterocycles. The molecule has 3 aromatic rings. The van der Waals surface area contributed by atoms with Crippen molar-refractivity contribution in [3.63, 3.8) is 0 Å². The van der Waals surface area contributed by atoms with E-state index >= 15 is 0 Å². The first kappa shape index (κ1) is 20.0. The minimum Gasteiger partial charge on any atom is -0.289 e. The highest BCUT2D eigenvalue weighted by atomic mass is 35.5. The Morgan fingerprint density at radius 3 is 2.36 bits per heavy atom. The van der Waals surface area contributed by atoms with E-state index in [-0.39, 0.29) is 10.7 Å². The zero-order valence-electron chi connectivity index (χ0n) is 15.3. The van der Waals surface area contributed by atoms with Crippen molar-refractivity contribution in [3.05, 3.63) is 82.6 Å². The van der Waals surface area contributed by atoms with Crippen molar-refractivity contribution in [2.75, 3.05) is 7.05 Å². The number of hydrogen-bond donors (Lipinski definition) is 1. The molecule has 0 saturated carbocycles. The summed E-state index contributed by atoms with van der Waals surface area (Å²) in [6.07, 6.45) is 3.01. The maximum atomic E-state index is 12.4. The minimum atomic E-state index is -3.54. The highest BCUT2D eigenvalue weighted by molar-refractivity contribution is 7.89. The van der Waals surface area contributed by atoms with Crippen molar-refractivity contribution in [3.8, 4) is 5.69 Å². The standard InChI is InChI=1S/C20H18ClN3O3S/c1-14-18(20(21)24(23-14)16-6-4-3-5-7-16)12-13-19(25)15-8-10-17(11-9-15)28(26,27)22-2/h3-13,22H,1-2H3/b13-12+. The van der Waals surface area contributed by atoms with E-state index in [1.165, 1.54) is 37.4 Å². The number of sulfonamides is 1. The predicted molar refractivity (Wildman–Crippen MR) is 109 cm³/mol. The lowest BCUT2D eigenvalue weighted by molar-refractivity contribution is 0.104. The summed E-state index contributed by atoms with van der Waals surface area (Å²) in [4.78, 5) is 12.5. The molecule has 3 rings (SSSR count). The molecule has 0 fully saturated rings. The monoisotopic (exact) mass is 415 g/mol. The topological polar surface area (TPSA) is 81.1 Å². The number of ketones is 1. The maximum Gasteiger partial charge on any atom is 0.240 e. The molecule has 1 aromatic heterocycles. The van der Waals surface area contributed by atoms with Gasteiger partial charge in [-0.15, -0.1) is 0 Å². The summed E-state index contributed by atoms with van der Waals surface area (Å²) in [7, 11) is -2.21. The minimum absolute atomic E-state index is 0.0959. The Labute approximate surface area is 168 Å². The lowest BCUT2D eigenvalue weighted by atomic mass is 10.1. The third-order valence-corrected chi connectivity index (χ3v) is 5.96. The van der Waals surface area contributed by atoms with Gasteiger partial charge in [0.1, 0.15) is 5.15 Å². The Kier molecular flexibility index (Phi) is 5.79. The van der Waals surface area contributed by atoms with Crippen LogP contribution in [0.15, 0.2) is 65.6 Å². The number of hydrogen-bond acceptors (Lipinski definition) is 4. The molecule has 1 N–H and O–H groups in total. The molecule has 0 amide bonds. The number of benzene rings is 2. The predicted octanol–water partition coefficient (Wildman–Crippen LogP) is 3.64. The molecule has 0 radical (unpaired) electrons. The Morgan fingerprint density at radius 1 is 1.11 bits per heavy atom. The number of rotatable bonds is 6. The highest BCUT2D eigenvalue weighted by Crippen LogP contribution is 2.25. The van der Waals surface area contributed by atoms with E-state index in [2.05, 4.69) is 9.82 Å². The lowest BCUT2D eigenvalue weighted by Crippen LogP contribution is -2.18. The molecule has 2 aromatic carbocycles. The molecule has 0 bridgehead atoms. The van der Waals surface area contributed by atoms with Gasteiger partial charge < -0.3 is 0 Å². The summed E-state index contributed by atoms with van der Waals surface area (Å²) >= 11 is 6.44. The van der Waals surface area contributed by atoms with Crippen molar-refractivity contribution < 1.29 is 13.2 Å². The van der Waals surface area contributed by atoms with Crippen LogP contribution in [0.3, 0.4) is 0 Å². The fourth-order valence-corrected chi connectivity index (χ4v) is 3.68. The number of carbonyl (C=O) groups excluding carboxylic acids is 1. The molecule has 28 heavy (non-hydrogen) atoms. The number of para-hydroxylation sites is 1. The highest BCUT2D eigenvalue weighted by Gasteiger charge is 2.14. The average Bonchev–Trinajstić information content (AvgIpc) is 3.00. The number of allylic oxidation sites excluding steroid dienone is 1. The Bertz CT molecular complexity index is 1140. The Hall–Kier alpha value is -2.74. The quantitative estimate of drug-likeness (QED) is 0.492. The van der Waals surface area contributed by atoms with Gasteiger partial charge in [0.15, 0.2) is 5.78 Å².